The van der Waals surface area contributed by atoms with Crippen molar-refractivity contribution in [3.8, 4) is 11.5 Å². The number of nitrogens with one attached hydrogen (secondary N) is 1. The van der Waals surface area contributed by atoms with E-state index in [-0.39, 0.29) is 18.0 Å². The van der Waals surface area contributed by atoms with E-state index >= 15 is 0 Å². The van der Waals surface area contributed by atoms with Crippen molar-refractivity contribution in [3.63, 3.8) is 0 Å². The predicted octanol–water partition coefficient (Wildman–Crippen LogP) is 2.86. The number of fused-ring (bicyclic) bond motifs is 3. The molecule has 2 bridgehead atoms. The zero-order valence-corrected chi connectivity index (χ0v) is 15.2. The maximum Gasteiger partial charge on any atom is 0.251 e. The highest BCUT2D eigenvalue weighted by Gasteiger charge is 2.40. The number of amides is 1. The third-order valence-electron chi connectivity index (χ3n) is 5.53. The van der Waals surface area contributed by atoms with Crippen molar-refractivity contribution in [1.82, 2.24) is 5.32 Å². The summed E-state index contributed by atoms with van der Waals surface area (Å²) in [7, 11) is 0. The molecule has 0 saturated heterocycles. The second-order valence-corrected chi connectivity index (χ2v) is 8.02. The minimum atomic E-state index is -0.0370. The minimum absolute atomic E-state index is 0.0370. The van der Waals surface area contributed by atoms with E-state index < -0.39 is 0 Å². The van der Waals surface area contributed by atoms with Gasteiger partial charge in [-0.15, -0.1) is 0 Å². The van der Waals surface area contributed by atoms with Gasteiger partial charge < -0.3 is 20.5 Å². The van der Waals surface area contributed by atoms with Gasteiger partial charge in [-0.2, -0.15) is 0 Å². The molecule has 4 rings (SSSR count). The van der Waals surface area contributed by atoms with Gasteiger partial charge in [0.2, 0.25) is 0 Å². The SMILES string of the molecule is NC1CC2CCCC(C1)C2NC(=O)c1cc(Br)c2c(c1)OCCO2. The summed E-state index contributed by atoms with van der Waals surface area (Å²) in [5.41, 5.74) is 6.79. The molecule has 2 atom stereocenters. The van der Waals surface area contributed by atoms with Crippen molar-refractivity contribution < 1.29 is 14.3 Å². The smallest absolute Gasteiger partial charge is 0.251 e. The Hall–Kier alpha value is -1.27. The Morgan fingerprint density at radius 3 is 2.62 bits per heavy atom. The first-order valence-electron chi connectivity index (χ1n) is 8.77. The van der Waals surface area contributed by atoms with Gasteiger partial charge in [0.05, 0.1) is 4.47 Å². The number of rotatable bonds is 2. The van der Waals surface area contributed by atoms with E-state index in [1.807, 2.05) is 6.07 Å². The quantitative estimate of drug-likeness (QED) is 0.808. The zero-order valence-electron chi connectivity index (χ0n) is 13.6. The van der Waals surface area contributed by atoms with Gasteiger partial charge in [-0.05, 0) is 65.6 Å². The van der Waals surface area contributed by atoms with Crippen molar-refractivity contribution in [2.24, 2.45) is 17.6 Å². The number of ether oxygens (including phenoxy) is 2. The molecule has 2 unspecified atom stereocenters. The van der Waals surface area contributed by atoms with Crippen molar-refractivity contribution in [3.05, 3.63) is 22.2 Å². The summed E-state index contributed by atoms with van der Waals surface area (Å²) in [5.74, 6) is 2.30. The van der Waals surface area contributed by atoms with Crippen LogP contribution in [0.4, 0.5) is 0 Å². The van der Waals surface area contributed by atoms with E-state index in [1.54, 1.807) is 6.07 Å². The molecule has 6 heteroatoms. The van der Waals surface area contributed by atoms with Crippen LogP contribution in [0.2, 0.25) is 0 Å². The molecule has 1 heterocycles. The maximum atomic E-state index is 12.8. The molecule has 0 radical (unpaired) electrons. The monoisotopic (exact) mass is 394 g/mol. The molecular formula is C18H23BrN2O3. The van der Waals surface area contributed by atoms with Gasteiger partial charge in [0.15, 0.2) is 11.5 Å². The van der Waals surface area contributed by atoms with Gasteiger partial charge in [0.1, 0.15) is 13.2 Å². The third kappa shape index (κ3) is 3.02. The molecule has 2 aliphatic carbocycles. The van der Waals surface area contributed by atoms with Crippen LogP contribution in [-0.2, 0) is 0 Å². The van der Waals surface area contributed by atoms with Crippen LogP contribution in [0.5, 0.6) is 11.5 Å². The predicted molar refractivity (Wildman–Crippen MR) is 94.4 cm³/mol. The normalized spacial score (nSPS) is 31.4. The molecule has 2 fully saturated rings. The lowest BCUT2D eigenvalue weighted by Gasteiger charge is -2.45. The van der Waals surface area contributed by atoms with Crippen LogP contribution < -0.4 is 20.5 Å². The molecule has 130 valence electrons. The van der Waals surface area contributed by atoms with Crippen molar-refractivity contribution >= 4 is 21.8 Å². The third-order valence-corrected chi connectivity index (χ3v) is 6.12. The Morgan fingerprint density at radius 2 is 1.88 bits per heavy atom. The molecular weight excluding hydrogens is 372 g/mol. The van der Waals surface area contributed by atoms with Gasteiger partial charge in [0, 0.05) is 17.6 Å². The number of halogens is 1. The topological polar surface area (TPSA) is 73.6 Å². The lowest BCUT2D eigenvalue weighted by Crippen LogP contribution is -2.53. The second-order valence-electron chi connectivity index (χ2n) is 7.16. The van der Waals surface area contributed by atoms with Crippen LogP contribution in [0.15, 0.2) is 16.6 Å². The lowest BCUT2D eigenvalue weighted by molar-refractivity contribution is 0.0755. The first-order valence-corrected chi connectivity index (χ1v) is 9.56. The van der Waals surface area contributed by atoms with Gasteiger partial charge >= 0.3 is 0 Å². The average molecular weight is 395 g/mol. The van der Waals surface area contributed by atoms with Crippen LogP contribution in [0.1, 0.15) is 42.5 Å². The van der Waals surface area contributed by atoms with E-state index in [9.17, 15) is 4.79 Å². The lowest BCUT2D eigenvalue weighted by atomic mass is 9.67. The molecule has 1 aliphatic heterocycles. The van der Waals surface area contributed by atoms with E-state index in [0.29, 0.717) is 42.1 Å². The molecule has 0 spiro atoms. The minimum Gasteiger partial charge on any atom is -0.486 e. The Kier molecular flexibility index (Phi) is 4.43. The summed E-state index contributed by atoms with van der Waals surface area (Å²) >= 11 is 3.48. The highest BCUT2D eigenvalue weighted by molar-refractivity contribution is 9.10. The fourth-order valence-corrected chi connectivity index (χ4v) is 5.06. The number of hydrogen-bond donors (Lipinski definition) is 2. The number of carbonyl (C=O) groups is 1. The van der Waals surface area contributed by atoms with E-state index in [4.69, 9.17) is 15.2 Å². The highest BCUT2D eigenvalue weighted by atomic mass is 79.9. The Bertz CT molecular complexity index is 637. The summed E-state index contributed by atoms with van der Waals surface area (Å²) in [4.78, 5) is 12.8. The summed E-state index contributed by atoms with van der Waals surface area (Å²) in [6.45, 7) is 1.04. The molecule has 1 amide bonds. The van der Waals surface area contributed by atoms with Crippen LogP contribution >= 0.6 is 15.9 Å². The van der Waals surface area contributed by atoms with E-state index in [1.165, 1.54) is 19.3 Å². The Morgan fingerprint density at radius 1 is 1.17 bits per heavy atom. The molecule has 3 N–H and O–H groups in total. The highest BCUT2D eigenvalue weighted by Crippen LogP contribution is 2.41. The summed E-state index contributed by atoms with van der Waals surface area (Å²) in [6.07, 6.45) is 5.63. The molecule has 5 nitrogen and oxygen atoms in total. The molecule has 0 aromatic heterocycles. The first kappa shape index (κ1) is 16.2. The number of nitrogens with two attached hydrogens (primary N) is 1. The van der Waals surface area contributed by atoms with Crippen molar-refractivity contribution in [1.29, 1.82) is 0 Å². The first-order chi connectivity index (χ1) is 11.6. The molecule has 3 aliphatic rings. The van der Waals surface area contributed by atoms with Crippen molar-refractivity contribution in [2.45, 2.75) is 44.2 Å². The summed E-state index contributed by atoms with van der Waals surface area (Å²) in [5, 5.41) is 3.28. The van der Waals surface area contributed by atoms with Gasteiger partial charge in [-0.3, -0.25) is 4.79 Å². The van der Waals surface area contributed by atoms with Crippen LogP contribution in [0.3, 0.4) is 0 Å². The Balaban J connectivity index is 1.53. The second kappa shape index (κ2) is 6.56. The largest absolute Gasteiger partial charge is 0.486 e. The molecule has 1 aromatic rings. The Labute approximate surface area is 150 Å². The van der Waals surface area contributed by atoms with E-state index in [2.05, 4.69) is 21.2 Å². The van der Waals surface area contributed by atoms with Crippen LogP contribution in [-0.4, -0.2) is 31.2 Å². The van der Waals surface area contributed by atoms with Crippen LogP contribution in [0.25, 0.3) is 0 Å². The summed E-state index contributed by atoms with van der Waals surface area (Å²) in [6, 6.07) is 4.13. The van der Waals surface area contributed by atoms with Crippen molar-refractivity contribution in [2.75, 3.05) is 13.2 Å². The van der Waals surface area contributed by atoms with Crippen LogP contribution in [0, 0.1) is 11.8 Å². The summed E-state index contributed by atoms with van der Waals surface area (Å²) < 4.78 is 12.0. The number of hydrogen-bond acceptors (Lipinski definition) is 4. The molecule has 2 saturated carbocycles. The van der Waals surface area contributed by atoms with Gasteiger partial charge in [-0.25, -0.2) is 0 Å². The van der Waals surface area contributed by atoms with E-state index in [0.717, 1.165) is 17.3 Å². The average Bonchev–Trinajstić information content (AvgIpc) is 2.55. The molecule has 24 heavy (non-hydrogen) atoms. The number of carbonyl (C=O) groups excluding carboxylic acids is 1. The zero-order chi connectivity index (χ0) is 16.7. The fraction of sp³-hybridized carbons (Fsp3) is 0.611. The number of benzene rings is 1. The van der Waals surface area contributed by atoms with Gasteiger partial charge in [0.25, 0.3) is 5.91 Å². The maximum absolute atomic E-state index is 12.8. The standard InChI is InChI=1S/C18H23BrN2O3/c19-14-8-12(9-15-17(14)24-5-4-23-15)18(22)21-16-10-2-1-3-11(16)7-13(20)6-10/h8-11,13,16H,1-7,20H2,(H,21,22). The van der Waals surface area contributed by atoms with Gasteiger partial charge in [-0.1, -0.05) is 6.42 Å². The molecule has 1 aromatic carbocycles. The fourth-order valence-electron chi connectivity index (χ4n) is 4.50.